The number of fused-ring (bicyclic) bond motifs is 5. The summed E-state index contributed by atoms with van der Waals surface area (Å²) in [5.41, 5.74) is 17.9. The third kappa shape index (κ3) is 7.27. The van der Waals surface area contributed by atoms with Gasteiger partial charge in [-0.1, -0.05) is 226 Å². The van der Waals surface area contributed by atoms with Crippen LogP contribution >= 0.6 is 0 Å². The predicted molar refractivity (Wildman–Crippen MR) is 298 cm³/mol. The first kappa shape index (κ1) is 41.7. The summed E-state index contributed by atoms with van der Waals surface area (Å²) in [6, 6.07) is 92.4. The molecule has 0 spiro atoms. The van der Waals surface area contributed by atoms with Crippen LogP contribution in [0.2, 0.25) is 0 Å². The van der Waals surface area contributed by atoms with Crippen molar-refractivity contribution < 1.29 is 0 Å². The molecule has 12 aromatic rings. The Morgan fingerprint density at radius 2 is 0.886 bits per heavy atom. The zero-order chi connectivity index (χ0) is 46.4. The molecule has 1 aliphatic rings. The first-order chi connectivity index (χ1) is 34.8. The van der Waals surface area contributed by atoms with E-state index in [0.717, 1.165) is 39.4 Å². The number of anilines is 3. The zero-order valence-electron chi connectivity index (χ0n) is 39.2. The second-order valence-electron chi connectivity index (χ2n) is 19.0. The molecule has 1 heterocycles. The lowest BCUT2D eigenvalue weighted by atomic mass is 9.80. The molecule has 1 aromatic heterocycles. The van der Waals surface area contributed by atoms with Gasteiger partial charge in [0.25, 0.3) is 0 Å². The van der Waals surface area contributed by atoms with Crippen LogP contribution in [0.25, 0.3) is 93.5 Å². The van der Waals surface area contributed by atoms with Crippen molar-refractivity contribution in [3.63, 3.8) is 0 Å². The molecule has 0 aliphatic heterocycles. The molecule has 1 saturated carbocycles. The minimum atomic E-state index is 0.547. The van der Waals surface area contributed by atoms with Gasteiger partial charge in [0, 0.05) is 33.2 Å². The van der Waals surface area contributed by atoms with E-state index in [1.165, 1.54) is 109 Å². The number of para-hydroxylation sites is 4. The number of aromatic nitrogens is 1. The minimum absolute atomic E-state index is 0.547. The Morgan fingerprint density at radius 1 is 0.329 bits per heavy atom. The molecule has 0 amide bonds. The SMILES string of the molecule is c1ccc(-c2ccc(-c3cccc4ccccc34)cc2N(c2ccccc2-c2ccc3c4ccccc4n(-c4ccccc4)c3c2)c2ccccc2-c2cccc3cccc(C4CCCCC4)c23)cc1. The zero-order valence-corrected chi connectivity index (χ0v) is 39.2. The Labute approximate surface area is 410 Å². The highest BCUT2D eigenvalue weighted by Gasteiger charge is 2.27. The van der Waals surface area contributed by atoms with Gasteiger partial charge in [-0.25, -0.2) is 0 Å². The normalized spacial score (nSPS) is 13.1. The first-order valence-corrected chi connectivity index (χ1v) is 25.0. The van der Waals surface area contributed by atoms with Gasteiger partial charge in [0.15, 0.2) is 0 Å². The van der Waals surface area contributed by atoms with Crippen LogP contribution in [-0.2, 0) is 0 Å². The molecule has 2 heteroatoms. The summed E-state index contributed by atoms with van der Waals surface area (Å²) in [5, 5.41) is 7.63. The molecule has 1 aliphatic carbocycles. The number of hydrogen-bond acceptors (Lipinski definition) is 1. The molecular formula is C68H52N2. The van der Waals surface area contributed by atoms with Crippen LogP contribution in [-0.4, -0.2) is 4.57 Å². The van der Waals surface area contributed by atoms with E-state index >= 15 is 0 Å². The van der Waals surface area contributed by atoms with Crippen LogP contribution in [0.15, 0.2) is 249 Å². The maximum Gasteiger partial charge on any atom is 0.0547 e. The number of rotatable bonds is 9. The van der Waals surface area contributed by atoms with Crippen LogP contribution in [0.4, 0.5) is 17.1 Å². The third-order valence-corrected chi connectivity index (χ3v) is 15.0. The molecule has 11 aromatic carbocycles. The summed E-state index contributed by atoms with van der Waals surface area (Å²) in [4.78, 5) is 2.58. The monoisotopic (exact) mass is 896 g/mol. The average Bonchev–Trinajstić information content (AvgIpc) is 3.77. The Kier molecular flexibility index (Phi) is 10.7. The van der Waals surface area contributed by atoms with Crippen molar-refractivity contribution in [1.82, 2.24) is 4.57 Å². The molecule has 1 fully saturated rings. The van der Waals surface area contributed by atoms with Gasteiger partial charge in [-0.3, -0.25) is 0 Å². The maximum atomic E-state index is 2.58. The highest BCUT2D eigenvalue weighted by atomic mass is 15.2. The average molecular weight is 897 g/mol. The number of hydrogen-bond donors (Lipinski definition) is 0. The fraction of sp³-hybridized carbons (Fsp3) is 0.0882. The molecule has 2 nitrogen and oxygen atoms in total. The van der Waals surface area contributed by atoms with Gasteiger partial charge in [-0.2, -0.15) is 0 Å². The highest BCUT2D eigenvalue weighted by molar-refractivity contribution is 6.11. The van der Waals surface area contributed by atoms with Crippen molar-refractivity contribution >= 4 is 60.4 Å². The molecule has 0 bridgehead atoms. The summed E-state index contributed by atoms with van der Waals surface area (Å²) < 4.78 is 2.43. The Bertz CT molecular complexity index is 3860. The summed E-state index contributed by atoms with van der Waals surface area (Å²) in [5.74, 6) is 0.547. The van der Waals surface area contributed by atoms with Gasteiger partial charge >= 0.3 is 0 Å². The van der Waals surface area contributed by atoms with E-state index in [1.54, 1.807) is 0 Å². The Balaban J connectivity index is 1.11. The summed E-state index contributed by atoms with van der Waals surface area (Å²) >= 11 is 0. The second kappa shape index (κ2) is 17.9. The van der Waals surface area contributed by atoms with Crippen LogP contribution in [0.1, 0.15) is 43.6 Å². The quantitative estimate of drug-likeness (QED) is 0.140. The summed E-state index contributed by atoms with van der Waals surface area (Å²) in [6.07, 6.45) is 6.39. The van der Waals surface area contributed by atoms with E-state index in [2.05, 4.69) is 258 Å². The van der Waals surface area contributed by atoms with Crippen molar-refractivity contribution in [3.05, 3.63) is 254 Å². The maximum absolute atomic E-state index is 2.58. The van der Waals surface area contributed by atoms with E-state index in [9.17, 15) is 0 Å². The second-order valence-corrected chi connectivity index (χ2v) is 19.0. The van der Waals surface area contributed by atoms with Crippen LogP contribution in [0, 0.1) is 0 Å². The van der Waals surface area contributed by atoms with Crippen LogP contribution in [0.5, 0.6) is 0 Å². The molecule has 0 N–H and O–H groups in total. The lowest BCUT2D eigenvalue weighted by molar-refractivity contribution is 0.445. The largest absolute Gasteiger partial charge is 0.309 e. The molecule has 334 valence electrons. The van der Waals surface area contributed by atoms with Gasteiger partial charge in [0.2, 0.25) is 0 Å². The van der Waals surface area contributed by atoms with Gasteiger partial charge in [0.1, 0.15) is 0 Å². The fourth-order valence-electron chi connectivity index (χ4n) is 11.8. The molecule has 0 saturated heterocycles. The Hall–Kier alpha value is -8.46. The van der Waals surface area contributed by atoms with Crippen molar-refractivity contribution in [1.29, 1.82) is 0 Å². The van der Waals surface area contributed by atoms with Crippen molar-refractivity contribution in [3.8, 4) is 50.2 Å². The Morgan fingerprint density at radius 3 is 1.70 bits per heavy atom. The smallest absolute Gasteiger partial charge is 0.0547 e. The molecule has 0 unspecified atom stereocenters. The predicted octanol–water partition coefficient (Wildman–Crippen LogP) is 19.3. The van der Waals surface area contributed by atoms with Crippen molar-refractivity contribution in [2.24, 2.45) is 0 Å². The van der Waals surface area contributed by atoms with E-state index in [4.69, 9.17) is 0 Å². The lowest BCUT2D eigenvalue weighted by Crippen LogP contribution is -2.14. The number of nitrogens with zero attached hydrogens (tertiary/aromatic N) is 2. The third-order valence-electron chi connectivity index (χ3n) is 15.0. The molecule has 70 heavy (non-hydrogen) atoms. The molecule has 13 rings (SSSR count). The van der Waals surface area contributed by atoms with Gasteiger partial charge in [0.05, 0.1) is 28.1 Å². The van der Waals surface area contributed by atoms with E-state index in [0.29, 0.717) is 5.92 Å². The summed E-state index contributed by atoms with van der Waals surface area (Å²) in [7, 11) is 0. The molecule has 0 atom stereocenters. The van der Waals surface area contributed by atoms with E-state index < -0.39 is 0 Å². The number of benzene rings is 11. The van der Waals surface area contributed by atoms with Crippen molar-refractivity contribution in [2.75, 3.05) is 4.90 Å². The highest BCUT2D eigenvalue weighted by Crippen LogP contribution is 2.51. The van der Waals surface area contributed by atoms with E-state index in [1.807, 2.05) is 0 Å². The van der Waals surface area contributed by atoms with Gasteiger partial charge < -0.3 is 9.47 Å². The minimum Gasteiger partial charge on any atom is -0.309 e. The standard InChI is InChI=1S/C68H52N2/c1-4-21-48(22-5-1)57-43-41-51(55-35-18-26-47-25-10-11-31-54(47)55)45-66(57)70(65-40-17-14-34-60(65)62-37-20-28-50-27-19-36-58(68(50)62)49-23-6-2-7-24-49)63-38-15-12-32-56(63)52-42-44-61-59-33-13-16-39-64(59)69(67(61)46-52)53-29-8-3-9-30-53/h1,3-5,8-22,25-46,49H,2,6-7,23-24H2. The van der Waals surface area contributed by atoms with Gasteiger partial charge in [-0.15, -0.1) is 0 Å². The van der Waals surface area contributed by atoms with Crippen molar-refractivity contribution in [2.45, 2.75) is 38.0 Å². The fourth-order valence-corrected chi connectivity index (χ4v) is 11.8. The summed E-state index contributed by atoms with van der Waals surface area (Å²) in [6.45, 7) is 0. The van der Waals surface area contributed by atoms with Gasteiger partial charge in [-0.05, 0) is 116 Å². The van der Waals surface area contributed by atoms with Crippen LogP contribution < -0.4 is 4.90 Å². The topological polar surface area (TPSA) is 8.17 Å². The van der Waals surface area contributed by atoms with E-state index in [-0.39, 0.29) is 0 Å². The lowest BCUT2D eigenvalue weighted by Gasteiger charge is -2.32. The molecule has 0 radical (unpaired) electrons. The first-order valence-electron chi connectivity index (χ1n) is 25.0. The molecular weight excluding hydrogens is 845 g/mol. The van der Waals surface area contributed by atoms with Crippen LogP contribution in [0.3, 0.4) is 0 Å².